The Morgan fingerprint density at radius 2 is 1.88 bits per heavy atom. The molecule has 7 heteroatoms. The molecule has 2 fully saturated rings. The zero-order valence-electron chi connectivity index (χ0n) is 20.9. The van der Waals surface area contributed by atoms with E-state index in [0.29, 0.717) is 37.4 Å². The molecule has 184 valence electrons. The maximum Gasteiger partial charge on any atom is 0.230 e. The topological polar surface area (TPSA) is 97.5 Å². The number of ether oxygens (including phenoxy) is 1. The molecule has 2 amide bonds. The lowest BCUT2D eigenvalue weighted by Crippen LogP contribution is -2.54. The summed E-state index contributed by atoms with van der Waals surface area (Å²) in [5, 5.41) is 4.09. The predicted molar refractivity (Wildman–Crippen MR) is 135 cm³/mol. The fourth-order valence-corrected chi connectivity index (χ4v) is 5.23. The molecule has 34 heavy (non-hydrogen) atoms. The van der Waals surface area contributed by atoms with Crippen molar-refractivity contribution in [2.24, 2.45) is 11.3 Å². The van der Waals surface area contributed by atoms with Crippen molar-refractivity contribution in [3.05, 3.63) is 29.5 Å². The lowest BCUT2D eigenvalue weighted by molar-refractivity contribution is -0.144. The second kappa shape index (κ2) is 9.80. The molecule has 0 spiro atoms. The number of aromatic nitrogens is 1. The van der Waals surface area contributed by atoms with Crippen molar-refractivity contribution < 1.29 is 14.3 Å². The molecule has 1 saturated carbocycles. The van der Waals surface area contributed by atoms with E-state index in [0.717, 1.165) is 47.8 Å². The summed E-state index contributed by atoms with van der Waals surface area (Å²) >= 11 is 0. The summed E-state index contributed by atoms with van der Waals surface area (Å²) in [5.41, 5.74) is 9.09. The summed E-state index contributed by atoms with van der Waals surface area (Å²) < 4.78 is 6.38. The average molecular weight is 467 g/mol. The molecule has 1 aliphatic heterocycles. The first-order valence-corrected chi connectivity index (χ1v) is 12.6. The van der Waals surface area contributed by atoms with E-state index in [-0.39, 0.29) is 30.4 Å². The highest BCUT2D eigenvalue weighted by Crippen LogP contribution is 2.37. The third kappa shape index (κ3) is 4.70. The van der Waals surface area contributed by atoms with E-state index in [1.807, 2.05) is 50.8 Å². The molecule has 0 unspecified atom stereocenters. The largest absolute Gasteiger partial charge is 0.492 e. The van der Waals surface area contributed by atoms with E-state index < -0.39 is 5.41 Å². The van der Waals surface area contributed by atoms with Gasteiger partial charge in [0.05, 0.1) is 16.3 Å². The molecule has 4 rings (SSSR count). The van der Waals surface area contributed by atoms with Crippen LogP contribution in [0.15, 0.2) is 18.2 Å². The summed E-state index contributed by atoms with van der Waals surface area (Å²) in [6.07, 6.45) is 5.55. The highest BCUT2D eigenvalue weighted by atomic mass is 16.5. The number of nitrogens with zero attached hydrogens (tertiary/aromatic N) is 2. The minimum absolute atomic E-state index is 0.0473. The van der Waals surface area contributed by atoms with Gasteiger partial charge in [0.15, 0.2) is 0 Å². The third-order valence-corrected chi connectivity index (χ3v) is 7.71. The Morgan fingerprint density at radius 3 is 2.53 bits per heavy atom. The Bertz CT molecular complexity index is 1070. The van der Waals surface area contributed by atoms with Crippen molar-refractivity contribution in [1.82, 2.24) is 15.2 Å². The van der Waals surface area contributed by atoms with E-state index in [1.54, 1.807) is 0 Å². The summed E-state index contributed by atoms with van der Waals surface area (Å²) in [5.74, 6) is 0.798. The average Bonchev–Trinajstić information content (AvgIpc) is 3.34. The SMILES string of the molecule is Cc1nc2cccc(OCC3(C(=O)NC4CCCC4)CCN(C(=O)C(C)C)CC3)c2c(N)c1C. The van der Waals surface area contributed by atoms with Crippen LogP contribution in [-0.2, 0) is 9.59 Å². The van der Waals surface area contributed by atoms with Gasteiger partial charge in [0.2, 0.25) is 11.8 Å². The van der Waals surface area contributed by atoms with Crippen LogP contribution in [0.25, 0.3) is 10.9 Å². The van der Waals surface area contributed by atoms with Gasteiger partial charge in [0, 0.05) is 36.4 Å². The number of piperidine rings is 1. The van der Waals surface area contributed by atoms with Crippen LogP contribution < -0.4 is 15.8 Å². The lowest BCUT2D eigenvalue weighted by atomic mass is 9.77. The van der Waals surface area contributed by atoms with Crippen molar-refractivity contribution in [3.8, 4) is 5.75 Å². The number of rotatable bonds is 6. The number of benzene rings is 1. The van der Waals surface area contributed by atoms with Gasteiger partial charge >= 0.3 is 0 Å². The summed E-state index contributed by atoms with van der Waals surface area (Å²) in [6.45, 7) is 9.14. The van der Waals surface area contributed by atoms with Gasteiger partial charge < -0.3 is 20.7 Å². The molecule has 1 aliphatic carbocycles. The molecule has 0 radical (unpaired) electrons. The fraction of sp³-hybridized carbons (Fsp3) is 0.593. The van der Waals surface area contributed by atoms with E-state index in [1.165, 1.54) is 0 Å². The lowest BCUT2D eigenvalue weighted by Gasteiger charge is -2.41. The molecule has 1 aromatic heterocycles. The molecule has 7 nitrogen and oxygen atoms in total. The zero-order chi connectivity index (χ0) is 24.5. The zero-order valence-corrected chi connectivity index (χ0v) is 20.9. The quantitative estimate of drug-likeness (QED) is 0.667. The third-order valence-electron chi connectivity index (χ3n) is 7.71. The first kappa shape index (κ1) is 24.3. The number of hydrogen-bond acceptors (Lipinski definition) is 5. The molecule has 0 atom stereocenters. The van der Waals surface area contributed by atoms with Crippen LogP contribution in [0.4, 0.5) is 5.69 Å². The molecule has 3 N–H and O–H groups in total. The number of likely N-dealkylation sites (tertiary alicyclic amines) is 1. The Hall–Kier alpha value is -2.83. The van der Waals surface area contributed by atoms with Gasteiger partial charge in [0.1, 0.15) is 12.4 Å². The minimum Gasteiger partial charge on any atom is -0.492 e. The number of anilines is 1. The Kier molecular flexibility index (Phi) is 7.01. The number of hydrogen-bond donors (Lipinski definition) is 2. The second-order valence-electron chi connectivity index (χ2n) is 10.4. The van der Waals surface area contributed by atoms with Gasteiger partial charge in [-0.1, -0.05) is 32.8 Å². The van der Waals surface area contributed by atoms with Crippen LogP contribution in [0.1, 0.15) is 63.6 Å². The number of nitrogen functional groups attached to an aromatic ring is 1. The van der Waals surface area contributed by atoms with Gasteiger partial charge in [-0.15, -0.1) is 0 Å². The van der Waals surface area contributed by atoms with Crippen LogP contribution in [-0.4, -0.2) is 47.4 Å². The molecule has 1 saturated heterocycles. The number of fused-ring (bicyclic) bond motifs is 1. The first-order valence-electron chi connectivity index (χ1n) is 12.6. The number of pyridine rings is 1. The molecule has 2 heterocycles. The molecule has 2 aliphatic rings. The van der Waals surface area contributed by atoms with Crippen molar-refractivity contribution in [2.75, 3.05) is 25.4 Å². The standard InChI is InChI=1S/C27H38N4O3/c1-17(2)25(32)31-14-12-27(13-15-31,26(33)30-20-8-5-6-9-20)16-34-22-11-7-10-21-23(22)24(28)18(3)19(4)29-21/h7,10-11,17,20H,5-6,8-9,12-16H2,1-4H3,(H2,28,29)(H,30,33). The van der Waals surface area contributed by atoms with Crippen LogP contribution in [0.3, 0.4) is 0 Å². The number of nitrogens with one attached hydrogen (secondary N) is 1. The van der Waals surface area contributed by atoms with Crippen molar-refractivity contribution in [2.45, 2.75) is 72.3 Å². The maximum atomic E-state index is 13.6. The van der Waals surface area contributed by atoms with Gasteiger partial charge in [-0.05, 0) is 57.2 Å². The Labute approximate surface area is 202 Å². The Balaban J connectivity index is 1.59. The van der Waals surface area contributed by atoms with Gasteiger partial charge in [-0.2, -0.15) is 0 Å². The smallest absolute Gasteiger partial charge is 0.230 e. The second-order valence-corrected chi connectivity index (χ2v) is 10.4. The molecule has 2 aromatic rings. The Morgan fingerprint density at radius 1 is 1.21 bits per heavy atom. The number of nitrogens with two attached hydrogens (primary N) is 1. The van der Waals surface area contributed by atoms with E-state index in [4.69, 9.17) is 10.5 Å². The normalized spacial score (nSPS) is 18.4. The highest BCUT2D eigenvalue weighted by Gasteiger charge is 2.44. The fourth-order valence-electron chi connectivity index (χ4n) is 5.23. The van der Waals surface area contributed by atoms with Crippen molar-refractivity contribution in [1.29, 1.82) is 0 Å². The molecule has 1 aromatic carbocycles. The summed E-state index contributed by atoms with van der Waals surface area (Å²) in [4.78, 5) is 32.7. The maximum absolute atomic E-state index is 13.6. The van der Waals surface area contributed by atoms with Crippen LogP contribution >= 0.6 is 0 Å². The molecular weight excluding hydrogens is 428 g/mol. The van der Waals surface area contributed by atoms with Gasteiger partial charge in [-0.3, -0.25) is 14.6 Å². The molecular formula is C27H38N4O3. The monoisotopic (exact) mass is 466 g/mol. The summed E-state index contributed by atoms with van der Waals surface area (Å²) in [6, 6.07) is 5.98. The van der Waals surface area contributed by atoms with Crippen molar-refractivity contribution in [3.63, 3.8) is 0 Å². The van der Waals surface area contributed by atoms with Crippen LogP contribution in [0.2, 0.25) is 0 Å². The van der Waals surface area contributed by atoms with Gasteiger partial charge in [-0.25, -0.2) is 0 Å². The number of carbonyl (C=O) groups is 2. The van der Waals surface area contributed by atoms with Crippen LogP contribution in [0, 0.1) is 25.2 Å². The van der Waals surface area contributed by atoms with E-state index >= 15 is 0 Å². The number of aryl methyl sites for hydroxylation is 1. The van der Waals surface area contributed by atoms with Gasteiger partial charge in [0.25, 0.3) is 0 Å². The summed E-state index contributed by atoms with van der Waals surface area (Å²) in [7, 11) is 0. The van der Waals surface area contributed by atoms with E-state index in [9.17, 15) is 9.59 Å². The van der Waals surface area contributed by atoms with Crippen LogP contribution in [0.5, 0.6) is 5.75 Å². The minimum atomic E-state index is -0.680. The number of carbonyl (C=O) groups excluding carboxylic acids is 2. The van der Waals surface area contributed by atoms with Crippen molar-refractivity contribution >= 4 is 28.4 Å². The predicted octanol–water partition coefficient (Wildman–Crippen LogP) is 4.14. The number of amides is 2. The highest BCUT2D eigenvalue weighted by molar-refractivity contribution is 5.97. The van der Waals surface area contributed by atoms with E-state index in [2.05, 4.69) is 10.3 Å². The first-order chi connectivity index (χ1) is 16.2. The molecule has 0 bridgehead atoms.